The average Bonchev–Trinajstić information content (AvgIpc) is 2.59. The first kappa shape index (κ1) is 10.6. The average molecular weight is 219 g/mol. The third-order valence-corrected chi connectivity index (χ3v) is 2.37. The molecule has 0 spiro atoms. The van der Waals surface area contributed by atoms with Gasteiger partial charge in [0.15, 0.2) is 0 Å². The lowest BCUT2D eigenvalue weighted by Gasteiger charge is -2.04. The second kappa shape index (κ2) is 3.94. The van der Waals surface area contributed by atoms with Gasteiger partial charge in [-0.15, -0.1) is 5.10 Å². The molecule has 2 N–H and O–H groups in total. The number of aromatic nitrogens is 2. The lowest BCUT2D eigenvalue weighted by atomic mass is 10.1. The Balaban J connectivity index is 2.38. The predicted molar refractivity (Wildman–Crippen MR) is 59.8 cm³/mol. The first-order valence-electron chi connectivity index (χ1n) is 4.98. The molecular formula is C11H13N3O2. The molecule has 16 heavy (non-hydrogen) atoms. The summed E-state index contributed by atoms with van der Waals surface area (Å²) in [7, 11) is 1.55. The highest BCUT2D eigenvalue weighted by Gasteiger charge is 2.08. The van der Waals surface area contributed by atoms with Crippen LogP contribution in [-0.4, -0.2) is 9.78 Å². The Morgan fingerprint density at radius 3 is 2.44 bits per heavy atom. The second-order valence-corrected chi connectivity index (χ2v) is 3.71. The van der Waals surface area contributed by atoms with E-state index in [1.165, 1.54) is 0 Å². The fourth-order valence-electron chi connectivity index (χ4n) is 1.39. The zero-order chi connectivity index (χ0) is 11.7. The van der Waals surface area contributed by atoms with Gasteiger partial charge in [-0.3, -0.25) is 0 Å². The summed E-state index contributed by atoms with van der Waals surface area (Å²) in [5.41, 5.74) is 7.53. The molecule has 0 fully saturated rings. The van der Waals surface area contributed by atoms with Crippen molar-refractivity contribution in [3.8, 4) is 11.5 Å². The third kappa shape index (κ3) is 1.90. The summed E-state index contributed by atoms with van der Waals surface area (Å²) < 4.78 is 6.13. The van der Waals surface area contributed by atoms with Crippen molar-refractivity contribution in [1.29, 1.82) is 0 Å². The molecule has 0 saturated carbocycles. The molecule has 0 aliphatic carbocycles. The fraction of sp³-hybridized carbons (Fsp3) is 0.273. The minimum absolute atomic E-state index is 0.00945. The molecule has 5 nitrogen and oxygen atoms in total. The van der Waals surface area contributed by atoms with Crippen molar-refractivity contribution >= 4 is 0 Å². The smallest absolute Gasteiger partial charge is 0.388 e. The van der Waals surface area contributed by atoms with Gasteiger partial charge < -0.3 is 10.2 Å². The van der Waals surface area contributed by atoms with Crippen LogP contribution in [-0.2, 0) is 7.05 Å². The van der Waals surface area contributed by atoms with Crippen LogP contribution in [0.1, 0.15) is 18.5 Å². The van der Waals surface area contributed by atoms with Gasteiger partial charge in [0.2, 0.25) is 5.89 Å². The molecule has 1 aromatic carbocycles. The van der Waals surface area contributed by atoms with Crippen molar-refractivity contribution in [3.05, 3.63) is 40.4 Å². The molecule has 0 radical (unpaired) electrons. The molecule has 5 heteroatoms. The molecule has 0 aliphatic heterocycles. The standard InChI is InChI=1S/C11H13N3O2/c1-7(12)8-3-5-9(6-4-8)10-13-14(2)11(15)16-10/h3-7H,12H2,1-2H3. The van der Waals surface area contributed by atoms with Gasteiger partial charge in [0, 0.05) is 18.7 Å². The maximum atomic E-state index is 11.1. The summed E-state index contributed by atoms with van der Waals surface area (Å²) in [5.74, 6) is -0.144. The summed E-state index contributed by atoms with van der Waals surface area (Å²) >= 11 is 0. The molecule has 84 valence electrons. The lowest BCUT2D eigenvalue weighted by Crippen LogP contribution is -2.09. The number of nitrogens with two attached hydrogens (primary N) is 1. The summed E-state index contributed by atoms with van der Waals surface area (Å²) in [4.78, 5) is 11.1. The van der Waals surface area contributed by atoms with Crippen LogP contribution in [0.4, 0.5) is 0 Å². The third-order valence-electron chi connectivity index (χ3n) is 2.37. The topological polar surface area (TPSA) is 74.0 Å². The first-order valence-corrected chi connectivity index (χ1v) is 4.98. The van der Waals surface area contributed by atoms with Crippen LogP contribution in [0.5, 0.6) is 0 Å². The van der Waals surface area contributed by atoms with E-state index in [0.717, 1.165) is 15.8 Å². The molecule has 2 rings (SSSR count). The fourth-order valence-corrected chi connectivity index (χ4v) is 1.39. The van der Waals surface area contributed by atoms with E-state index in [-0.39, 0.29) is 6.04 Å². The molecule has 0 saturated heterocycles. The molecule has 1 heterocycles. The highest BCUT2D eigenvalue weighted by molar-refractivity contribution is 5.52. The highest BCUT2D eigenvalue weighted by Crippen LogP contribution is 2.18. The van der Waals surface area contributed by atoms with Gasteiger partial charge in [0.25, 0.3) is 0 Å². The Labute approximate surface area is 92.5 Å². The van der Waals surface area contributed by atoms with Gasteiger partial charge in [0.1, 0.15) is 0 Å². The summed E-state index contributed by atoms with van der Waals surface area (Å²) in [5, 5.41) is 3.96. The highest BCUT2D eigenvalue weighted by atomic mass is 16.4. The predicted octanol–water partition coefficient (Wildman–Crippen LogP) is 1.06. The van der Waals surface area contributed by atoms with Gasteiger partial charge in [-0.1, -0.05) is 12.1 Å². The molecule has 0 aliphatic rings. The van der Waals surface area contributed by atoms with Crippen molar-refractivity contribution < 1.29 is 4.42 Å². The summed E-state index contributed by atoms with van der Waals surface area (Å²) in [6, 6.07) is 7.46. The normalized spacial score (nSPS) is 12.7. The van der Waals surface area contributed by atoms with Crippen molar-refractivity contribution in [3.63, 3.8) is 0 Å². The Kier molecular flexibility index (Phi) is 2.62. The van der Waals surface area contributed by atoms with E-state index >= 15 is 0 Å². The van der Waals surface area contributed by atoms with Crippen LogP contribution in [0.2, 0.25) is 0 Å². The second-order valence-electron chi connectivity index (χ2n) is 3.71. The van der Waals surface area contributed by atoms with E-state index in [4.69, 9.17) is 10.2 Å². The molecule has 0 bridgehead atoms. The van der Waals surface area contributed by atoms with Crippen LogP contribution in [0.3, 0.4) is 0 Å². The molecular weight excluding hydrogens is 206 g/mol. The van der Waals surface area contributed by atoms with Crippen molar-refractivity contribution in [1.82, 2.24) is 9.78 Å². The van der Waals surface area contributed by atoms with Gasteiger partial charge in [0.05, 0.1) is 0 Å². The van der Waals surface area contributed by atoms with E-state index < -0.39 is 5.76 Å². The van der Waals surface area contributed by atoms with Crippen LogP contribution in [0, 0.1) is 0 Å². The molecule has 0 amide bonds. The zero-order valence-corrected chi connectivity index (χ0v) is 9.18. The van der Waals surface area contributed by atoms with Gasteiger partial charge in [-0.25, -0.2) is 4.79 Å². The number of hydrogen-bond acceptors (Lipinski definition) is 4. The van der Waals surface area contributed by atoms with Crippen LogP contribution in [0.25, 0.3) is 11.5 Å². The number of rotatable bonds is 2. The van der Waals surface area contributed by atoms with E-state index in [9.17, 15) is 4.79 Å². The number of nitrogens with zero attached hydrogens (tertiary/aromatic N) is 2. The first-order chi connectivity index (χ1) is 7.58. The molecule has 2 aromatic rings. The monoisotopic (exact) mass is 219 g/mol. The SMILES string of the molecule is CC(N)c1ccc(-c2nn(C)c(=O)o2)cc1. The Morgan fingerprint density at radius 1 is 1.38 bits per heavy atom. The van der Waals surface area contributed by atoms with Crippen LogP contribution >= 0.6 is 0 Å². The van der Waals surface area contributed by atoms with E-state index in [1.807, 2.05) is 31.2 Å². The summed E-state index contributed by atoms with van der Waals surface area (Å²) in [6.07, 6.45) is 0. The Bertz CT molecular complexity index is 537. The number of aryl methyl sites for hydroxylation is 1. The van der Waals surface area contributed by atoms with Crippen molar-refractivity contribution in [2.24, 2.45) is 12.8 Å². The lowest BCUT2D eigenvalue weighted by molar-refractivity contribution is 0.505. The minimum Gasteiger partial charge on any atom is -0.388 e. The Morgan fingerprint density at radius 2 is 2.00 bits per heavy atom. The maximum absolute atomic E-state index is 11.1. The van der Waals surface area contributed by atoms with Gasteiger partial charge in [-0.2, -0.15) is 4.68 Å². The maximum Gasteiger partial charge on any atom is 0.437 e. The zero-order valence-electron chi connectivity index (χ0n) is 9.18. The van der Waals surface area contributed by atoms with Crippen molar-refractivity contribution in [2.75, 3.05) is 0 Å². The van der Waals surface area contributed by atoms with E-state index in [2.05, 4.69) is 5.10 Å². The van der Waals surface area contributed by atoms with Crippen LogP contribution < -0.4 is 11.5 Å². The number of hydrogen-bond donors (Lipinski definition) is 1. The largest absolute Gasteiger partial charge is 0.437 e. The Hall–Kier alpha value is -1.88. The molecule has 1 atom stereocenters. The minimum atomic E-state index is -0.466. The molecule has 1 unspecified atom stereocenters. The van der Waals surface area contributed by atoms with Crippen molar-refractivity contribution in [2.45, 2.75) is 13.0 Å². The molecule has 1 aromatic heterocycles. The van der Waals surface area contributed by atoms with Gasteiger partial charge >= 0.3 is 5.76 Å². The number of benzene rings is 1. The van der Waals surface area contributed by atoms with E-state index in [1.54, 1.807) is 7.05 Å². The quantitative estimate of drug-likeness (QED) is 0.819. The summed E-state index contributed by atoms with van der Waals surface area (Å²) in [6.45, 7) is 1.91. The van der Waals surface area contributed by atoms with Gasteiger partial charge in [-0.05, 0) is 24.6 Å². The van der Waals surface area contributed by atoms with E-state index in [0.29, 0.717) is 5.89 Å². The van der Waals surface area contributed by atoms with Crippen LogP contribution in [0.15, 0.2) is 33.5 Å².